The minimum atomic E-state index is -3.66. The molecule has 2 aromatic rings. The summed E-state index contributed by atoms with van der Waals surface area (Å²) in [5.41, 5.74) is 1.45. The fourth-order valence-electron chi connectivity index (χ4n) is 4.36. The number of nitrogens with one attached hydrogen (secondary N) is 1. The van der Waals surface area contributed by atoms with Crippen LogP contribution in [0.4, 0.5) is 5.82 Å². The van der Waals surface area contributed by atoms with Gasteiger partial charge in [0.2, 0.25) is 5.91 Å². The first-order chi connectivity index (χ1) is 16.6. The Bertz CT molecular complexity index is 1240. The third-order valence-corrected chi connectivity index (χ3v) is 8.05. The molecule has 0 bridgehead atoms. The molecule has 1 fully saturated rings. The number of anilines is 1. The minimum Gasteiger partial charge on any atom is -0.353 e. The number of fused-ring (bicyclic) bond motifs is 1. The number of hydrogen-bond donors (Lipinski definition) is 1. The molecule has 3 heterocycles. The number of amidine groups is 1. The smallest absolute Gasteiger partial charge is 0.263 e. The molecule has 4 rings (SSSR count). The van der Waals surface area contributed by atoms with Crippen LogP contribution < -0.4 is 9.62 Å². The lowest BCUT2D eigenvalue weighted by molar-refractivity contribution is -0.133. The Balaban J connectivity index is 1.53. The van der Waals surface area contributed by atoms with Crippen molar-refractivity contribution in [3.63, 3.8) is 0 Å². The molecule has 188 valence electrons. The summed E-state index contributed by atoms with van der Waals surface area (Å²) in [5, 5.41) is 0. The Labute approximate surface area is 207 Å². The van der Waals surface area contributed by atoms with E-state index in [9.17, 15) is 13.2 Å². The van der Waals surface area contributed by atoms with Crippen molar-refractivity contribution >= 4 is 27.6 Å². The highest BCUT2D eigenvalue weighted by Crippen LogP contribution is 2.25. The average molecular weight is 499 g/mol. The number of amides is 1. The number of hydrogen-bond acceptors (Lipinski definition) is 7. The number of sulfonamides is 1. The van der Waals surface area contributed by atoms with E-state index in [0.29, 0.717) is 31.7 Å². The maximum absolute atomic E-state index is 13.6. The second-order valence-electron chi connectivity index (χ2n) is 9.60. The molecule has 0 aliphatic carbocycles. The monoisotopic (exact) mass is 498 g/mol. The van der Waals surface area contributed by atoms with Crippen LogP contribution in [0.1, 0.15) is 57.1 Å². The summed E-state index contributed by atoms with van der Waals surface area (Å²) in [6.07, 6.45) is 0.750. The lowest BCUT2D eigenvalue weighted by Gasteiger charge is -2.37. The number of benzene rings is 1. The van der Waals surface area contributed by atoms with E-state index in [0.717, 1.165) is 23.8 Å². The first-order valence-electron chi connectivity index (χ1n) is 12.2. The molecule has 0 spiro atoms. The minimum absolute atomic E-state index is 0.0385. The molecule has 1 N–H and O–H groups in total. The predicted molar refractivity (Wildman–Crippen MR) is 136 cm³/mol. The van der Waals surface area contributed by atoms with Crippen LogP contribution in [-0.4, -0.2) is 67.2 Å². The number of aromatic nitrogens is 2. The summed E-state index contributed by atoms with van der Waals surface area (Å²) in [6, 6.07) is 8.05. The molecule has 35 heavy (non-hydrogen) atoms. The number of piperazine rings is 1. The van der Waals surface area contributed by atoms with E-state index in [1.165, 1.54) is 0 Å². The molecule has 1 saturated heterocycles. The van der Waals surface area contributed by atoms with Crippen molar-refractivity contribution in [2.75, 3.05) is 31.1 Å². The largest absolute Gasteiger partial charge is 0.353 e. The summed E-state index contributed by atoms with van der Waals surface area (Å²) >= 11 is 0. The maximum Gasteiger partial charge on any atom is 0.263 e. The molecule has 0 unspecified atom stereocenters. The fraction of sp³-hybridized carbons (Fsp3) is 0.520. The number of carbonyl (C=O) groups is 1. The van der Waals surface area contributed by atoms with Crippen molar-refractivity contribution in [1.29, 1.82) is 0 Å². The van der Waals surface area contributed by atoms with Crippen LogP contribution in [0.25, 0.3) is 0 Å². The van der Waals surface area contributed by atoms with Crippen LogP contribution in [0.3, 0.4) is 0 Å². The lowest BCUT2D eigenvalue weighted by atomic mass is 9.97. The predicted octanol–water partition coefficient (Wildman–Crippen LogP) is 2.71. The zero-order chi connectivity index (χ0) is 25.3. The molecule has 10 heteroatoms. The topological polar surface area (TPSA) is 108 Å². The van der Waals surface area contributed by atoms with Crippen LogP contribution in [0, 0.1) is 12.8 Å². The Hall–Kier alpha value is -3.01. The van der Waals surface area contributed by atoms with Gasteiger partial charge in [0.25, 0.3) is 10.0 Å². The molecule has 1 aromatic carbocycles. The Morgan fingerprint density at radius 1 is 1.11 bits per heavy atom. The van der Waals surface area contributed by atoms with E-state index in [1.807, 2.05) is 31.7 Å². The van der Waals surface area contributed by atoms with Gasteiger partial charge in [-0.25, -0.2) is 18.4 Å². The van der Waals surface area contributed by atoms with E-state index >= 15 is 0 Å². The molecule has 0 saturated carbocycles. The highest BCUT2D eigenvalue weighted by Gasteiger charge is 2.35. The van der Waals surface area contributed by atoms with Gasteiger partial charge in [-0.05, 0) is 25.0 Å². The molecule has 2 aliphatic heterocycles. The third kappa shape index (κ3) is 5.17. The second-order valence-corrected chi connectivity index (χ2v) is 11.3. The highest BCUT2D eigenvalue weighted by molar-refractivity contribution is 7.90. The van der Waals surface area contributed by atoms with E-state index < -0.39 is 16.1 Å². The van der Waals surface area contributed by atoms with Gasteiger partial charge >= 0.3 is 0 Å². The van der Waals surface area contributed by atoms with Crippen LogP contribution in [-0.2, 0) is 14.8 Å². The number of aryl methyl sites for hydroxylation is 1. The zero-order valence-corrected chi connectivity index (χ0v) is 21.8. The molecular weight excluding hydrogens is 464 g/mol. The van der Waals surface area contributed by atoms with Gasteiger partial charge in [-0.2, -0.15) is 0 Å². The summed E-state index contributed by atoms with van der Waals surface area (Å²) < 4.78 is 27.6. The van der Waals surface area contributed by atoms with Crippen LogP contribution in [0.5, 0.6) is 0 Å². The number of aliphatic imine (C=N–C) groups is 1. The van der Waals surface area contributed by atoms with Gasteiger partial charge in [-0.15, -0.1) is 0 Å². The van der Waals surface area contributed by atoms with Gasteiger partial charge in [0.05, 0.1) is 4.90 Å². The Morgan fingerprint density at radius 2 is 1.80 bits per heavy atom. The molecule has 1 amide bonds. The fourth-order valence-corrected chi connectivity index (χ4v) is 5.59. The molecule has 9 nitrogen and oxygen atoms in total. The van der Waals surface area contributed by atoms with Crippen molar-refractivity contribution in [2.24, 2.45) is 10.9 Å². The number of nitrogens with zero attached hydrogens (tertiary/aromatic N) is 5. The van der Waals surface area contributed by atoms with E-state index in [-0.39, 0.29) is 28.5 Å². The third-order valence-electron chi connectivity index (χ3n) is 6.66. The zero-order valence-electron chi connectivity index (χ0n) is 21.0. The van der Waals surface area contributed by atoms with Crippen molar-refractivity contribution in [3.8, 4) is 0 Å². The summed E-state index contributed by atoms with van der Waals surface area (Å²) in [7, 11) is -3.66. The van der Waals surface area contributed by atoms with Crippen LogP contribution in [0.2, 0.25) is 0 Å². The quantitative estimate of drug-likeness (QED) is 0.656. The standard InChI is InChI=1S/C25H34N6O3S/c1-6-17(4)22(28-24-19-9-7-8-10-20(19)35(33,34)29-24)25(32)31-13-11-30(12-14-31)21-15-18(5)26-23(27-21)16(2)3/h7-10,15-17,22H,6,11-14H2,1-5H3,(H,28,29)/t17-,22-/m0/s1. The van der Waals surface area contributed by atoms with E-state index in [2.05, 4.69) is 33.4 Å². The summed E-state index contributed by atoms with van der Waals surface area (Å²) in [6.45, 7) is 12.6. The van der Waals surface area contributed by atoms with Crippen LogP contribution >= 0.6 is 0 Å². The first kappa shape index (κ1) is 25.1. The SMILES string of the molecule is CC[C@H](C)[C@H](N=C1NS(=O)(=O)c2ccccc21)C(=O)N1CCN(c2cc(C)nc(C(C)C)n2)CC1. The van der Waals surface area contributed by atoms with E-state index in [4.69, 9.17) is 4.98 Å². The molecule has 0 radical (unpaired) electrons. The van der Waals surface area contributed by atoms with Gasteiger partial charge in [0.15, 0.2) is 0 Å². The van der Waals surface area contributed by atoms with Crippen molar-refractivity contribution in [2.45, 2.75) is 57.9 Å². The molecule has 2 aliphatic rings. The van der Waals surface area contributed by atoms with Crippen molar-refractivity contribution < 1.29 is 13.2 Å². The van der Waals surface area contributed by atoms with Gasteiger partial charge in [-0.1, -0.05) is 46.2 Å². The second kappa shape index (κ2) is 9.93. The van der Waals surface area contributed by atoms with Crippen LogP contribution in [0.15, 0.2) is 40.2 Å². The van der Waals surface area contributed by atoms with Gasteiger partial charge < -0.3 is 9.80 Å². The van der Waals surface area contributed by atoms with Gasteiger partial charge in [-0.3, -0.25) is 14.5 Å². The summed E-state index contributed by atoms with van der Waals surface area (Å²) in [4.78, 5) is 31.8. The lowest BCUT2D eigenvalue weighted by Crippen LogP contribution is -2.52. The van der Waals surface area contributed by atoms with Gasteiger partial charge in [0, 0.05) is 49.4 Å². The van der Waals surface area contributed by atoms with Crippen molar-refractivity contribution in [1.82, 2.24) is 19.6 Å². The van der Waals surface area contributed by atoms with E-state index in [1.54, 1.807) is 24.3 Å². The normalized spacial score (nSPS) is 20.0. The molecule has 2 atom stereocenters. The van der Waals surface area contributed by atoms with Gasteiger partial charge in [0.1, 0.15) is 23.5 Å². The highest BCUT2D eigenvalue weighted by atomic mass is 32.2. The maximum atomic E-state index is 13.6. The van der Waals surface area contributed by atoms with Crippen molar-refractivity contribution in [3.05, 3.63) is 47.4 Å². The molecule has 1 aromatic heterocycles. The first-order valence-corrected chi connectivity index (χ1v) is 13.7. The average Bonchev–Trinajstić information content (AvgIpc) is 3.11. The summed E-state index contributed by atoms with van der Waals surface area (Å²) in [5.74, 6) is 2.09. The number of rotatable bonds is 6. The number of carbonyl (C=O) groups excluding carboxylic acids is 1. The molecular formula is C25H34N6O3S. The Morgan fingerprint density at radius 3 is 2.46 bits per heavy atom. The Kier molecular flexibility index (Phi) is 7.12.